The zero-order valence-corrected chi connectivity index (χ0v) is 12.4. The first kappa shape index (κ1) is 15.3. The van der Waals surface area contributed by atoms with Crippen LogP contribution in [0.4, 0.5) is 5.69 Å². The number of esters is 1. The molecular weight excluding hydrogens is 274 g/mol. The van der Waals surface area contributed by atoms with Gasteiger partial charge in [0.2, 0.25) is 0 Å². The predicted octanol–water partition coefficient (Wildman–Crippen LogP) is -0.677. The Bertz CT molecular complexity index is 500. The molecular formula is C13H21N5O3. The van der Waals surface area contributed by atoms with Crippen LogP contribution in [0.5, 0.6) is 0 Å². The van der Waals surface area contributed by atoms with E-state index in [0.717, 1.165) is 13.1 Å². The summed E-state index contributed by atoms with van der Waals surface area (Å²) in [5.74, 6) is -0.309. The SMILES string of the molecule is COC(=O)CCN1CCN(C(=O)c2c(N)cnn2C)CC1. The van der Waals surface area contributed by atoms with Crippen molar-refractivity contribution in [1.29, 1.82) is 0 Å². The Hall–Kier alpha value is -2.09. The van der Waals surface area contributed by atoms with Crippen molar-refractivity contribution in [2.75, 3.05) is 45.6 Å². The maximum atomic E-state index is 12.4. The Labute approximate surface area is 123 Å². The first-order valence-corrected chi connectivity index (χ1v) is 6.89. The van der Waals surface area contributed by atoms with E-state index in [2.05, 4.69) is 14.7 Å². The summed E-state index contributed by atoms with van der Waals surface area (Å²) in [5, 5.41) is 3.99. The molecule has 2 heterocycles. The molecule has 0 aromatic carbocycles. The highest BCUT2D eigenvalue weighted by Gasteiger charge is 2.25. The van der Waals surface area contributed by atoms with Crippen LogP contribution in [0, 0.1) is 0 Å². The smallest absolute Gasteiger partial charge is 0.306 e. The summed E-state index contributed by atoms with van der Waals surface area (Å²) in [6.45, 7) is 3.36. The number of aromatic nitrogens is 2. The highest BCUT2D eigenvalue weighted by molar-refractivity contribution is 5.97. The molecule has 8 nitrogen and oxygen atoms in total. The summed E-state index contributed by atoms with van der Waals surface area (Å²) in [5.41, 5.74) is 6.61. The van der Waals surface area contributed by atoms with Gasteiger partial charge < -0.3 is 15.4 Å². The quantitative estimate of drug-likeness (QED) is 0.740. The van der Waals surface area contributed by atoms with Gasteiger partial charge in [-0.05, 0) is 0 Å². The maximum Gasteiger partial charge on any atom is 0.306 e. The molecule has 21 heavy (non-hydrogen) atoms. The Morgan fingerprint density at radius 2 is 2.00 bits per heavy atom. The maximum absolute atomic E-state index is 12.4. The summed E-state index contributed by atoms with van der Waals surface area (Å²) in [6, 6.07) is 0. The van der Waals surface area contributed by atoms with E-state index in [9.17, 15) is 9.59 Å². The minimum absolute atomic E-state index is 0.0971. The number of nitrogens with zero attached hydrogens (tertiary/aromatic N) is 4. The molecule has 0 unspecified atom stereocenters. The van der Waals surface area contributed by atoms with Crippen molar-refractivity contribution >= 4 is 17.6 Å². The fourth-order valence-corrected chi connectivity index (χ4v) is 2.39. The average molecular weight is 295 g/mol. The van der Waals surface area contributed by atoms with Gasteiger partial charge in [-0.3, -0.25) is 19.2 Å². The zero-order valence-electron chi connectivity index (χ0n) is 12.4. The van der Waals surface area contributed by atoms with Crippen LogP contribution in [0.25, 0.3) is 0 Å². The molecule has 0 radical (unpaired) electrons. The fourth-order valence-electron chi connectivity index (χ4n) is 2.39. The molecule has 0 saturated carbocycles. The van der Waals surface area contributed by atoms with Crippen molar-refractivity contribution in [3.05, 3.63) is 11.9 Å². The van der Waals surface area contributed by atoms with E-state index < -0.39 is 0 Å². The molecule has 2 rings (SSSR count). The van der Waals surface area contributed by atoms with Crippen molar-refractivity contribution in [1.82, 2.24) is 19.6 Å². The summed E-state index contributed by atoms with van der Waals surface area (Å²) in [6.07, 6.45) is 1.86. The monoisotopic (exact) mass is 295 g/mol. The van der Waals surface area contributed by atoms with Gasteiger partial charge in [-0.25, -0.2) is 0 Å². The molecule has 2 N–H and O–H groups in total. The predicted molar refractivity (Wildman–Crippen MR) is 76.6 cm³/mol. The van der Waals surface area contributed by atoms with Gasteiger partial charge in [0, 0.05) is 39.8 Å². The lowest BCUT2D eigenvalue weighted by Crippen LogP contribution is -2.49. The van der Waals surface area contributed by atoms with Gasteiger partial charge in [0.15, 0.2) is 0 Å². The van der Waals surface area contributed by atoms with Crippen LogP contribution in [-0.2, 0) is 16.6 Å². The Kier molecular flexibility index (Phi) is 4.79. The molecule has 1 fully saturated rings. The Morgan fingerprint density at radius 3 is 2.52 bits per heavy atom. The highest BCUT2D eigenvalue weighted by atomic mass is 16.5. The van der Waals surface area contributed by atoms with Gasteiger partial charge >= 0.3 is 5.97 Å². The van der Waals surface area contributed by atoms with Crippen LogP contribution in [0.3, 0.4) is 0 Å². The molecule has 1 aromatic rings. The van der Waals surface area contributed by atoms with Gasteiger partial charge in [-0.15, -0.1) is 0 Å². The highest BCUT2D eigenvalue weighted by Crippen LogP contribution is 2.14. The van der Waals surface area contributed by atoms with Gasteiger partial charge in [0.1, 0.15) is 5.69 Å². The normalized spacial score (nSPS) is 16.0. The van der Waals surface area contributed by atoms with E-state index in [0.29, 0.717) is 37.4 Å². The number of nitrogen functional groups attached to an aromatic ring is 1. The lowest BCUT2D eigenvalue weighted by Gasteiger charge is -2.34. The van der Waals surface area contributed by atoms with Crippen molar-refractivity contribution in [3.8, 4) is 0 Å². The van der Waals surface area contributed by atoms with Crippen molar-refractivity contribution < 1.29 is 14.3 Å². The van der Waals surface area contributed by atoms with Gasteiger partial charge in [-0.2, -0.15) is 5.10 Å². The Balaban J connectivity index is 1.86. The third-order valence-electron chi connectivity index (χ3n) is 3.69. The van der Waals surface area contributed by atoms with Gasteiger partial charge in [-0.1, -0.05) is 0 Å². The van der Waals surface area contributed by atoms with Crippen molar-refractivity contribution in [3.63, 3.8) is 0 Å². The molecule has 0 spiro atoms. The number of nitrogens with two attached hydrogens (primary N) is 1. The van der Waals surface area contributed by atoms with Gasteiger partial charge in [0.25, 0.3) is 5.91 Å². The van der Waals surface area contributed by atoms with Gasteiger partial charge in [0.05, 0.1) is 25.4 Å². The van der Waals surface area contributed by atoms with E-state index in [1.807, 2.05) is 0 Å². The first-order valence-electron chi connectivity index (χ1n) is 6.89. The first-order chi connectivity index (χ1) is 10.0. The summed E-state index contributed by atoms with van der Waals surface area (Å²) in [7, 11) is 3.09. The fraction of sp³-hybridized carbons (Fsp3) is 0.615. The molecule has 1 amide bonds. The zero-order chi connectivity index (χ0) is 15.4. The van der Waals surface area contributed by atoms with Crippen LogP contribution >= 0.6 is 0 Å². The molecule has 1 aromatic heterocycles. The minimum atomic E-state index is -0.212. The summed E-state index contributed by atoms with van der Waals surface area (Å²) in [4.78, 5) is 27.4. The molecule has 0 atom stereocenters. The number of methoxy groups -OCH3 is 1. The number of hydrogen-bond acceptors (Lipinski definition) is 6. The Morgan fingerprint density at radius 1 is 1.33 bits per heavy atom. The number of piperazine rings is 1. The van der Waals surface area contributed by atoms with Crippen LogP contribution in [0.1, 0.15) is 16.9 Å². The average Bonchev–Trinajstić information content (AvgIpc) is 2.83. The van der Waals surface area contributed by atoms with Crippen LogP contribution in [0.15, 0.2) is 6.20 Å². The van der Waals surface area contributed by atoms with E-state index in [-0.39, 0.29) is 11.9 Å². The largest absolute Gasteiger partial charge is 0.469 e. The molecule has 0 aliphatic carbocycles. The summed E-state index contributed by atoms with van der Waals surface area (Å²) < 4.78 is 6.12. The number of ether oxygens (including phenoxy) is 1. The number of carbonyl (C=O) groups is 2. The van der Waals surface area contributed by atoms with E-state index in [4.69, 9.17) is 5.73 Å². The van der Waals surface area contributed by atoms with Crippen molar-refractivity contribution in [2.24, 2.45) is 7.05 Å². The second kappa shape index (κ2) is 6.57. The lowest BCUT2D eigenvalue weighted by molar-refractivity contribution is -0.141. The second-order valence-corrected chi connectivity index (χ2v) is 5.03. The third-order valence-corrected chi connectivity index (χ3v) is 3.69. The standard InChI is InChI=1S/C13H21N5O3/c1-16-12(10(14)9-15-16)13(20)18-7-5-17(6-8-18)4-3-11(19)21-2/h9H,3-8,14H2,1-2H3. The lowest BCUT2D eigenvalue weighted by atomic mass is 10.2. The number of rotatable bonds is 4. The number of aryl methyl sites for hydroxylation is 1. The molecule has 1 aliphatic heterocycles. The topological polar surface area (TPSA) is 93.7 Å². The van der Waals surface area contributed by atoms with E-state index in [1.54, 1.807) is 11.9 Å². The van der Waals surface area contributed by atoms with Crippen LogP contribution in [0.2, 0.25) is 0 Å². The number of hydrogen-bond donors (Lipinski definition) is 1. The molecule has 1 aliphatic rings. The minimum Gasteiger partial charge on any atom is -0.469 e. The third kappa shape index (κ3) is 3.52. The molecule has 8 heteroatoms. The molecule has 116 valence electrons. The van der Waals surface area contributed by atoms with Crippen molar-refractivity contribution in [2.45, 2.75) is 6.42 Å². The second-order valence-electron chi connectivity index (χ2n) is 5.03. The summed E-state index contributed by atoms with van der Waals surface area (Å²) >= 11 is 0. The molecule has 0 bridgehead atoms. The van der Waals surface area contributed by atoms with Crippen LogP contribution < -0.4 is 5.73 Å². The van der Waals surface area contributed by atoms with E-state index >= 15 is 0 Å². The van der Waals surface area contributed by atoms with E-state index in [1.165, 1.54) is 18.0 Å². The molecule has 1 saturated heterocycles. The van der Waals surface area contributed by atoms with Crippen LogP contribution in [-0.4, -0.2) is 71.3 Å². The number of carbonyl (C=O) groups excluding carboxylic acids is 2. The number of anilines is 1. The number of amides is 1.